The van der Waals surface area contributed by atoms with Gasteiger partial charge in [0.15, 0.2) is 6.10 Å². The summed E-state index contributed by atoms with van der Waals surface area (Å²) in [5.41, 5.74) is 1.91. The van der Waals surface area contributed by atoms with Crippen molar-refractivity contribution < 1.29 is 19.1 Å². The summed E-state index contributed by atoms with van der Waals surface area (Å²) in [6.07, 6.45) is -0.522. The van der Waals surface area contributed by atoms with Crippen LogP contribution in [0.5, 0.6) is 11.5 Å². The zero-order valence-corrected chi connectivity index (χ0v) is 15.5. The Kier molecular flexibility index (Phi) is 5.49. The van der Waals surface area contributed by atoms with Crippen LogP contribution >= 0.6 is 0 Å². The Balaban J connectivity index is 1.67. The minimum atomic E-state index is -0.522. The molecule has 27 heavy (non-hydrogen) atoms. The second kappa shape index (κ2) is 7.99. The Hall–Kier alpha value is -3.22. The van der Waals surface area contributed by atoms with Crippen LogP contribution in [0.3, 0.4) is 0 Å². The third-order valence-electron chi connectivity index (χ3n) is 4.13. The molecule has 2 aromatic rings. The topological polar surface area (TPSA) is 88.7 Å². The molecular weight excluding hydrogens is 346 g/mol. The molecule has 0 saturated heterocycles. The van der Waals surface area contributed by atoms with Crippen LogP contribution in [0.2, 0.25) is 0 Å². The van der Waals surface area contributed by atoms with Crippen molar-refractivity contribution in [3.05, 3.63) is 42.5 Å². The predicted octanol–water partition coefficient (Wildman–Crippen LogP) is 3.24. The Morgan fingerprint density at radius 3 is 2.85 bits per heavy atom. The van der Waals surface area contributed by atoms with Crippen LogP contribution in [-0.2, 0) is 9.59 Å². The zero-order chi connectivity index (χ0) is 19.4. The van der Waals surface area contributed by atoms with Crippen molar-refractivity contribution >= 4 is 28.9 Å². The van der Waals surface area contributed by atoms with E-state index in [1.165, 1.54) is 0 Å². The molecule has 7 nitrogen and oxygen atoms in total. The maximum Gasteiger partial charge on any atom is 0.265 e. The third kappa shape index (κ3) is 4.31. The van der Waals surface area contributed by atoms with Gasteiger partial charge >= 0.3 is 0 Å². The lowest BCUT2D eigenvalue weighted by Gasteiger charge is -2.24. The molecule has 2 unspecified atom stereocenters. The predicted molar refractivity (Wildman–Crippen MR) is 104 cm³/mol. The highest BCUT2D eigenvalue weighted by Crippen LogP contribution is 2.32. The van der Waals surface area contributed by atoms with Crippen LogP contribution in [0, 0.1) is 0 Å². The molecule has 142 valence electrons. The summed E-state index contributed by atoms with van der Waals surface area (Å²) >= 11 is 0. The summed E-state index contributed by atoms with van der Waals surface area (Å²) < 4.78 is 11.1. The highest BCUT2D eigenvalue weighted by molar-refractivity contribution is 5.99. The van der Waals surface area contributed by atoms with Crippen LogP contribution in [0.25, 0.3) is 0 Å². The smallest absolute Gasteiger partial charge is 0.265 e. The van der Waals surface area contributed by atoms with Crippen molar-refractivity contribution in [2.45, 2.75) is 32.9 Å². The molecule has 0 bridgehead atoms. The van der Waals surface area contributed by atoms with E-state index in [1.807, 2.05) is 25.1 Å². The van der Waals surface area contributed by atoms with Gasteiger partial charge in [-0.15, -0.1) is 0 Å². The lowest BCUT2D eigenvalue weighted by atomic mass is 10.2. The van der Waals surface area contributed by atoms with Crippen molar-refractivity contribution in [2.75, 3.05) is 22.6 Å². The summed E-state index contributed by atoms with van der Waals surface area (Å²) in [6.45, 7) is 5.86. The number of para-hydroxylation sites is 2. The average molecular weight is 369 g/mol. The minimum Gasteiger partial charge on any atom is -0.492 e. The summed E-state index contributed by atoms with van der Waals surface area (Å²) in [6, 6.07) is 12.1. The van der Waals surface area contributed by atoms with E-state index in [9.17, 15) is 9.59 Å². The summed E-state index contributed by atoms with van der Waals surface area (Å²) in [5.74, 6) is 0.838. The van der Waals surface area contributed by atoms with Gasteiger partial charge < -0.3 is 25.4 Å². The molecule has 0 fully saturated rings. The largest absolute Gasteiger partial charge is 0.492 e. The van der Waals surface area contributed by atoms with Crippen molar-refractivity contribution in [3.8, 4) is 11.5 Å². The van der Waals surface area contributed by atoms with E-state index < -0.39 is 12.1 Å². The number of benzene rings is 2. The van der Waals surface area contributed by atoms with Gasteiger partial charge in [-0.2, -0.15) is 0 Å². The fraction of sp³-hybridized carbons (Fsp3) is 0.300. The number of anilines is 3. The monoisotopic (exact) mass is 369 g/mol. The molecule has 0 saturated carbocycles. The maximum absolute atomic E-state index is 12.5. The van der Waals surface area contributed by atoms with E-state index in [0.717, 1.165) is 0 Å². The van der Waals surface area contributed by atoms with Crippen molar-refractivity contribution in [3.63, 3.8) is 0 Å². The standard InChI is InChI=1S/C20H23N3O4/c1-4-26-17-8-6-5-7-15(17)22-19(24)12(2)21-14-9-10-18-16(11-14)23-20(25)13(3)27-18/h5-13,21H,4H2,1-3H3,(H,22,24)(H,23,25). The van der Waals surface area contributed by atoms with Crippen LogP contribution < -0.4 is 25.4 Å². The van der Waals surface area contributed by atoms with Gasteiger partial charge in [0.2, 0.25) is 5.91 Å². The maximum atomic E-state index is 12.5. The van der Waals surface area contributed by atoms with E-state index >= 15 is 0 Å². The number of hydrogen-bond donors (Lipinski definition) is 3. The normalized spacial score (nSPS) is 16.4. The van der Waals surface area contributed by atoms with E-state index in [-0.39, 0.29) is 11.8 Å². The molecule has 2 amide bonds. The van der Waals surface area contributed by atoms with Crippen LogP contribution in [-0.4, -0.2) is 30.6 Å². The van der Waals surface area contributed by atoms with E-state index in [1.54, 1.807) is 38.1 Å². The number of hydrogen-bond acceptors (Lipinski definition) is 5. The van der Waals surface area contributed by atoms with Crippen LogP contribution in [0.15, 0.2) is 42.5 Å². The van der Waals surface area contributed by atoms with Gasteiger partial charge in [-0.1, -0.05) is 12.1 Å². The SMILES string of the molecule is CCOc1ccccc1NC(=O)C(C)Nc1ccc2c(c1)NC(=O)C(C)O2. The number of carbonyl (C=O) groups is 2. The Labute approximate surface area is 158 Å². The molecule has 0 spiro atoms. The highest BCUT2D eigenvalue weighted by Gasteiger charge is 2.24. The number of rotatable bonds is 6. The molecule has 7 heteroatoms. The van der Waals surface area contributed by atoms with Gasteiger partial charge in [-0.25, -0.2) is 0 Å². The quantitative estimate of drug-likeness (QED) is 0.727. The second-order valence-electron chi connectivity index (χ2n) is 6.24. The summed E-state index contributed by atoms with van der Waals surface area (Å²) in [4.78, 5) is 24.3. The summed E-state index contributed by atoms with van der Waals surface area (Å²) in [7, 11) is 0. The lowest BCUT2D eigenvalue weighted by Crippen LogP contribution is -2.34. The van der Waals surface area contributed by atoms with Crippen LogP contribution in [0.4, 0.5) is 17.1 Å². The molecule has 1 heterocycles. The van der Waals surface area contributed by atoms with Gasteiger partial charge in [0, 0.05) is 5.69 Å². The van der Waals surface area contributed by atoms with Crippen molar-refractivity contribution in [2.24, 2.45) is 0 Å². The van der Waals surface area contributed by atoms with Gasteiger partial charge in [-0.3, -0.25) is 9.59 Å². The van der Waals surface area contributed by atoms with Gasteiger partial charge in [0.05, 0.1) is 18.0 Å². The van der Waals surface area contributed by atoms with Gasteiger partial charge in [0.25, 0.3) is 5.91 Å². The van der Waals surface area contributed by atoms with Crippen molar-refractivity contribution in [1.29, 1.82) is 0 Å². The minimum absolute atomic E-state index is 0.196. The molecule has 1 aliphatic rings. The molecule has 2 aromatic carbocycles. The number of amides is 2. The molecule has 3 rings (SSSR count). The Morgan fingerprint density at radius 2 is 2.07 bits per heavy atom. The molecule has 0 aliphatic carbocycles. The first kappa shape index (κ1) is 18.6. The number of nitrogens with one attached hydrogen (secondary N) is 3. The Bertz CT molecular complexity index is 853. The third-order valence-corrected chi connectivity index (χ3v) is 4.13. The summed E-state index contributed by atoms with van der Waals surface area (Å²) in [5, 5.41) is 8.79. The molecule has 3 N–H and O–H groups in total. The zero-order valence-electron chi connectivity index (χ0n) is 15.5. The molecule has 1 aliphatic heterocycles. The van der Waals surface area contributed by atoms with Gasteiger partial charge in [-0.05, 0) is 51.1 Å². The number of carbonyl (C=O) groups excluding carboxylic acids is 2. The second-order valence-corrected chi connectivity index (χ2v) is 6.24. The number of ether oxygens (including phenoxy) is 2. The molecule has 0 aromatic heterocycles. The van der Waals surface area contributed by atoms with E-state index in [2.05, 4.69) is 16.0 Å². The molecule has 2 atom stereocenters. The van der Waals surface area contributed by atoms with Crippen molar-refractivity contribution in [1.82, 2.24) is 0 Å². The first-order valence-electron chi connectivity index (χ1n) is 8.88. The number of fused-ring (bicyclic) bond motifs is 1. The van der Waals surface area contributed by atoms with Crippen LogP contribution in [0.1, 0.15) is 20.8 Å². The first-order chi connectivity index (χ1) is 13.0. The highest BCUT2D eigenvalue weighted by atomic mass is 16.5. The first-order valence-corrected chi connectivity index (χ1v) is 8.88. The van der Waals surface area contributed by atoms with E-state index in [4.69, 9.17) is 9.47 Å². The average Bonchev–Trinajstić information content (AvgIpc) is 2.64. The lowest BCUT2D eigenvalue weighted by molar-refractivity contribution is -0.122. The Morgan fingerprint density at radius 1 is 1.30 bits per heavy atom. The molecule has 0 radical (unpaired) electrons. The fourth-order valence-corrected chi connectivity index (χ4v) is 2.71. The molecular formula is C20H23N3O4. The van der Waals surface area contributed by atoms with E-state index in [0.29, 0.717) is 35.2 Å². The van der Waals surface area contributed by atoms with Gasteiger partial charge in [0.1, 0.15) is 17.5 Å². The fourth-order valence-electron chi connectivity index (χ4n) is 2.71.